The van der Waals surface area contributed by atoms with Gasteiger partial charge in [-0.3, -0.25) is 4.79 Å². The molecule has 0 aromatic heterocycles. The van der Waals surface area contributed by atoms with Crippen LogP contribution in [0.1, 0.15) is 59.3 Å². The van der Waals surface area contributed by atoms with Gasteiger partial charge in [0.2, 0.25) is 0 Å². The van der Waals surface area contributed by atoms with E-state index < -0.39 is 6.10 Å². The molecule has 3 aliphatic rings. The van der Waals surface area contributed by atoms with Gasteiger partial charge in [0.05, 0.1) is 12.5 Å². The van der Waals surface area contributed by atoms with E-state index in [1.807, 2.05) is 0 Å². The molecule has 1 N–H and O–H groups in total. The van der Waals surface area contributed by atoms with Crippen molar-refractivity contribution in [2.75, 3.05) is 6.61 Å². The van der Waals surface area contributed by atoms with Crippen LogP contribution in [-0.2, 0) is 9.53 Å². The van der Waals surface area contributed by atoms with Crippen LogP contribution in [0.3, 0.4) is 0 Å². The van der Waals surface area contributed by atoms with Crippen molar-refractivity contribution >= 4 is 5.97 Å². The molecule has 3 nitrogen and oxygen atoms in total. The van der Waals surface area contributed by atoms with Crippen LogP contribution in [0.4, 0.5) is 0 Å². The van der Waals surface area contributed by atoms with E-state index in [1.54, 1.807) is 0 Å². The standard InChI is InChI=1S/C20H30O3/c1-13-15(7-6-14-10-18(22)23-12-14)20(4)9-5-8-19(2,3)17(20)11-16(13)21/h6,15-17,21H,1,5,7-12H2,2-4H3/t15?,16-,17-,20+/m0/s1. The fourth-order valence-corrected chi connectivity index (χ4v) is 5.50. The maximum absolute atomic E-state index is 11.3. The zero-order chi connectivity index (χ0) is 16.8. The van der Waals surface area contributed by atoms with Gasteiger partial charge in [-0.05, 0) is 59.5 Å². The molecule has 0 spiro atoms. The molecule has 0 aromatic rings. The fraction of sp³-hybridized carbons (Fsp3) is 0.750. The van der Waals surface area contributed by atoms with Gasteiger partial charge in [0, 0.05) is 0 Å². The van der Waals surface area contributed by atoms with Gasteiger partial charge in [0.1, 0.15) is 6.61 Å². The van der Waals surface area contributed by atoms with Gasteiger partial charge in [0.15, 0.2) is 0 Å². The second kappa shape index (κ2) is 5.77. The van der Waals surface area contributed by atoms with Crippen molar-refractivity contribution in [3.8, 4) is 0 Å². The lowest BCUT2D eigenvalue weighted by atomic mass is 9.46. The summed E-state index contributed by atoms with van der Waals surface area (Å²) in [5.41, 5.74) is 2.53. The number of hydrogen-bond acceptors (Lipinski definition) is 3. The number of carbonyl (C=O) groups is 1. The average Bonchev–Trinajstić information content (AvgIpc) is 2.87. The number of cyclic esters (lactones) is 1. The minimum Gasteiger partial charge on any atom is -0.461 e. The van der Waals surface area contributed by atoms with E-state index in [9.17, 15) is 9.90 Å². The summed E-state index contributed by atoms with van der Waals surface area (Å²) in [6.07, 6.45) is 7.60. The minimum atomic E-state index is -0.393. The highest BCUT2D eigenvalue weighted by molar-refractivity contribution is 5.75. The third kappa shape index (κ3) is 2.88. The number of aliphatic hydroxyl groups excluding tert-OH is 1. The molecular weight excluding hydrogens is 288 g/mol. The van der Waals surface area contributed by atoms with E-state index in [-0.39, 0.29) is 16.8 Å². The third-order valence-corrected chi connectivity index (χ3v) is 6.84. The summed E-state index contributed by atoms with van der Waals surface area (Å²) < 4.78 is 5.04. The Labute approximate surface area is 139 Å². The first-order valence-corrected chi connectivity index (χ1v) is 8.94. The highest BCUT2D eigenvalue weighted by atomic mass is 16.5. The quantitative estimate of drug-likeness (QED) is 0.618. The van der Waals surface area contributed by atoms with Crippen LogP contribution in [0.2, 0.25) is 0 Å². The largest absolute Gasteiger partial charge is 0.461 e. The van der Waals surface area contributed by atoms with Crippen molar-refractivity contribution in [3.05, 3.63) is 23.8 Å². The SMILES string of the molecule is C=C1C(CC=C2COC(=O)C2)[C@@]2(C)CCCC(C)(C)[C@@H]2C[C@@H]1O. The summed E-state index contributed by atoms with van der Waals surface area (Å²) in [6.45, 7) is 11.8. The zero-order valence-corrected chi connectivity index (χ0v) is 14.7. The number of allylic oxidation sites excluding steroid dienone is 1. The van der Waals surface area contributed by atoms with Crippen LogP contribution >= 0.6 is 0 Å². The summed E-state index contributed by atoms with van der Waals surface area (Å²) in [5.74, 6) is 0.690. The molecule has 23 heavy (non-hydrogen) atoms. The Morgan fingerprint density at radius 1 is 1.35 bits per heavy atom. The van der Waals surface area contributed by atoms with Crippen molar-refractivity contribution in [1.29, 1.82) is 0 Å². The van der Waals surface area contributed by atoms with Crippen molar-refractivity contribution in [1.82, 2.24) is 0 Å². The Hall–Kier alpha value is -1.09. The van der Waals surface area contributed by atoms with Crippen molar-refractivity contribution < 1.29 is 14.6 Å². The molecule has 0 bridgehead atoms. The molecule has 0 aromatic carbocycles. The van der Waals surface area contributed by atoms with E-state index in [2.05, 4.69) is 33.4 Å². The smallest absolute Gasteiger partial charge is 0.310 e. The van der Waals surface area contributed by atoms with Crippen molar-refractivity contribution in [3.63, 3.8) is 0 Å². The van der Waals surface area contributed by atoms with E-state index in [0.29, 0.717) is 24.9 Å². The number of esters is 1. The topological polar surface area (TPSA) is 46.5 Å². The summed E-state index contributed by atoms with van der Waals surface area (Å²) in [4.78, 5) is 11.3. The van der Waals surface area contributed by atoms with Gasteiger partial charge in [0.25, 0.3) is 0 Å². The molecule has 1 unspecified atom stereocenters. The summed E-state index contributed by atoms with van der Waals surface area (Å²) in [5, 5.41) is 10.6. The molecule has 3 rings (SSSR count). The van der Waals surface area contributed by atoms with Gasteiger partial charge in [-0.2, -0.15) is 0 Å². The Morgan fingerprint density at radius 3 is 2.74 bits per heavy atom. The van der Waals surface area contributed by atoms with Crippen LogP contribution in [0.5, 0.6) is 0 Å². The van der Waals surface area contributed by atoms with Crippen LogP contribution in [-0.4, -0.2) is 23.8 Å². The van der Waals surface area contributed by atoms with Crippen LogP contribution in [0.25, 0.3) is 0 Å². The predicted octanol–water partition coefficient (Wildman–Crippen LogP) is 4.02. The molecule has 3 heteroatoms. The monoisotopic (exact) mass is 318 g/mol. The second-order valence-corrected chi connectivity index (χ2v) is 8.72. The fourth-order valence-electron chi connectivity index (χ4n) is 5.50. The van der Waals surface area contributed by atoms with Gasteiger partial charge in [-0.15, -0.1) is 0 Å². The highest BCUT2D eigenvalue weighted by Crippen LogP contribution is 2.61. The normalized spacial score (nSPS) is 41.7. The molecule has 1 saturated heterocycles. The third-order valence-electron chi connectivity index (χ3n) is 6.84. The number of aliphatic hydroxyl groups is 1. The Bertz CT molecular complexity index is 545. The first-order valence-electron chi connectivity index (χ1n) is 8.94. The maximum atomic E-state index is 11.3. The molecule has 0 radical (unpaired) electrons. The first-order chi connectivity index (χ1) is 10.7. The Balaban J connectivity index is 1.86. The lowest BCUT2D eigenvalue weighted by Gasteiger charge is -2.59. The van der Waals surface area contributed by atoms with Gasteiger partial charge < -0.3 is 9.84 Å². The lowest BCUT2D eigenvalue weighted by Crippen LogP contribution is -2.52. The first kappa shape index (κ1) is 16.8. The number of fused-ring (bicyclic) bond motifs is 1. The van der Waals surface area contributed by atoms with Crippen LogP contribution in [0, 0.1) is 22.7 Å². The molecule has 128 valence electrons. The van der Waals surface area contributed by atoms with E-state index in [0.717, 1.165) is 24.0 Å². The number of rotatable bonds is 2. The van der Waals surface area contributed by atoms with Gasteiger partial charge >= 0.3 is 5.97 Å². The molecule has 2 aliphatic carbocycles. The average molecular weight is 318 g/mol. The van der Waals surface area contributed by atoms with E-state index >= 15 is 0 Å². The minimum absolute atomic E-state index is 0.123. The molecule has 4 atom stereocenters. The summed E-state index contributed by atoms with van der Waals surface area (Å²) >= 11 is 0. The molecule has 0 amide bonds. The van der Waals surface area contributed by atoms with Crippen LogP contribution in [0.15, 0.2) is 23.8 Å². The molecule has 3 fully saturated rings. The number of carbonyl (C=O) groups excluding carboxylic acids is 1. The second-order valence-electron chi connectivity index (χ2n) is 8.72. The molecule has 1 heterocycles. The molecular formula is C20H30O3. The van der Waals surface area contributed by atoms with Crippen LogP contribution < -0.4 is 0 Å². The summed E-state index contributed by atoms with van der Waals surface area (Å²) in [7, 11) is 0. The van der Waals surface area contributed by atoms with Gasteiger partial charge in [-0.25, -0.2) is 0 Å². The predicted molar refractivity (Wildman–Crippen MR) is 90.8 cm³/mol. The number of hydrogen-bond donors (Lipinski definition) is 1. The Morgan fingerprint density at radius 2 is 2.09 bits per heavy atom. The van der Waals surface area contributed by atoms with Crippen molar-refractivity contribution in [2.45, 2.75) is 65.4 Å². The Kier molecular flexibility index (Phi) is 4.20. The number of ether oxygens (including phenoxy) is 1. The molecule has 2 saturated carbocycles. The van der Waals surface area contributed by atoms with Gasteiger partial charge in [-0.1, -0.05) is 39.8 Å². The van der Waals surface area contributed by atoms with E-state index in [1.165, 1.54) is 19.3 Å². The zero-order valence-electron chi connectivity index (χ0n) is 14.7. The maximum Gasteiger partial charge on any atom is 0.310 e. The molecule has 1 aliphatic heterocycles. The van der Waals surface area contributed by atoms with Crippen molar-refractivity contribution in [2.24, 2.45) is 22.7 Å². The van der Waals surface area contributed by atoms with E-state index in [4.69, 9.17) is 4.74 Å². The lowest BCUT2D eigenvalue weighted by molar-refractivity contribution is -0.137. The summed E-state index contributed by atoms with van der Waals surface area (Å²) in [6, 6.07) is 0. The highest BCUT2D eigenvalue weighted by Gasteiger charge is 2.54.